The third-order valence-corrected chi connectivity index (χ3v) is 2.56. The summed E-state index contributed by atoms with van der Waals surface area (Å²) < 4.78 is 0. The van der Waals surface area contributed by atoms with Crippen LogP contribution in [0.4, 0.5) is 0 Å². The van der Waals surface area contributed by atoms with Crippen molar-refractivity contribution in [2.75, 3.05) is 13.1 Å². The van der Waals surface area contributed by atoms with E-state index in [0.717, 1.165) is 6.54 Å². The van der Waals surface area contributed by atoms with Gasteiger partial charge >= 0.3 is 0 Å². The molecule has 0 spiro atoms. The molecule has 1 rings (SSSR count). The van der Waals surface area contributed by atoms with Crippen molar-refractivity contribution in [2.45, 2.75) is 38.6 Å². The first-order chi connectivity index (χ1) is 5.70. The van der Waals surface area contributed by atoms with Crippen molar-refractivity contribution in [1.82, 2.24) is 4.90 Å². The number of nitrogens with zero attached hydrogens (tertiary/aromatic N) is 1. The highest BCUT2D eigenvalue weighted by Crippen LogP contribution is 2.15. The summed E-state index contributed by atoms with van der Waals surface area (Å²) in [5, 5.41) is 7.23. The molecule has 1 atom stereocenters. The predicted octanol–water partition coefficient (Wildman–Crippen LogP) is 1.19. The van der Waals surface area contributed by atoms with E-state index in [-0.39, 0.29) is 0 Å². The fourth-order valence-corrected chi connectivity index (χ4v) is 1.79. The molecular formula is C9H19N3. The van der Waals surface area contributed by atoms with Crippen molar-refractivity contribution in [1.29, 1.82) is 5.41 Å². The summed E-state index contributed by atoms with van der Waals surface area (Å²) in [6, 6.07) is 0.608. The van der Waals surface area contributed by atoms with Gasteiger partial charge in [-0.25, -0.2) is 0 Å². The zero-order chi connectivity index (χ0) is 8.97. The third kappa shape index (κ3) is 2.81. The first kappa shape index (κ1) is 9.52. The molecule has 3 nitrogen and oxygen atoms in total. The quantitative estimate of drug-likeness (QED) is 0.482. The summed E-state index contributed by atoms with van der Waals surface area (Å²) in [5.74, 6) is 0.295. The van der Waals surface area contributed by atoms with Crippen LogP contribution in [-0.2, 0) is 0 Å². The van der Waals surface area contributed by atoms with Crippen LogP contribution in [0, 0.1) is 5.41 Å². The van der Waals surface area contributed by atoms with Crippen molar-refractivity contribution in [3.63, 3.8) is 0 Å². The predicted molar refractivity (Wildman–Crippen MR) is 51.4 cm³/mol. The molecule has 1 fully saturated rings. The highest BCUT2D eigenvalue weighted by molar-refractivity contribution is 5.78. The van der Waals surface area contributed by atoms with E-state index in [1.807, 2.05) is 0 Å². The van der Waals surface area contributed by atoms with E-state index in [4.69, 9.17) is 11.1 Å². The molecule has 70 valence electrons. The number of likely N-dealkylation sites (tertiary alicyclic amines) is 1. The highest BCUT2D eigenvalue weighted by Gasteiger charge is 2.16. The molecule has 1 saturated heterocycles. The average molecular weight is 169 g/mol. The number of rotatable bonds is 2. The molecule has 0 aromatic heterocycles. The summed E-state index contributed by atoms with van der Waals surface area (Å²) in [4.78, 5) is 2.31. The van der Waals surface area contributed by atoms with Crippen LogP contribution in [0.15, 0.2) is 0 Å². The molecule has 12 heavy (non-hydrogen) atoms. The molecule has 0 aromatic rings. The normalized spacial score (nSPS) is 26.6. The molecule has 1 heterocycles. The van der Waals surface area contributed by atoms with E-state index in [0.29, 0.717) is 18.4 Å². The molecule has 0 radical (unpaired) electrons. The number of hydrogen-bond acceptors (Lipinski definition) is 2. The summed E-state index contributed by atoms with van der Waals surface area (Å²) in [5.41, 5.74) is 5.38. The van der Waals surface area contributed by atoms with E-state index in [1.54, 1.807) is 0 Å². The Kier molecular flexibility index (Phi) is 3.53. The van der Waals surface area contributed by atoms with E-state index < -0.39 is 0 Å². The monoisotopic (exact) mass is 169 g/mol. The smallest absolute Gasteiger partial charge is 0.105 e. The van der Waals surface area contributed by atoms with Gasteiger partial charge in [-0.1, -0.05) is 12.8 Å². The minimum atomic E-state index is 0.295. The van der Waals surface area contributed by atoms with Crippen LogP contribution in [0.3, 0.4) is 0 Å². The molecule has 0 bridgehead atoms. The van der Waals surface area contributed by atoms with Crippen LogP contribution in [0.2, 0.25) is 0 Å². The molecule has 3 heteroatoms. The minimum absolute atomic E-state index is 0.295. The topological polar surface area (TPSA) is 53.1 Å². The molecule has 1 unspecified atom stereocenters. The van der Waals surface area contributed by atoms with E-state index in [2.05, 4.69) is 11.8 Å². The van der Waals surface area contributed by atoms with Crippen LogP contribution >= 0.6 is 0 Å². The summed E-state index contributed by atoms with van der Waals surface area (Å²) >= 11 is 0. The van der Waals surface area contributed by atoms with Crippen molar-refractivity contribution >= 4 is 5.84 Å². The first-order valence-electron chi connectivity index (χ1n) is 4.77. The average Bonchev–Trinajstić information content (AvgIpc) is 2.16. The van der Waals surface area contributed by atoms with Gasteiger partial charge in [0.15, 0.2) is 0 Å². The maximum atomic E-state index is 7.23. The standard InChI is InChI=1S/C9H19N3/c1-8-5-3-2-4-6-12(8)7-9(10)11/h8H,2-7H2,1H3,(H3,10,11). The summed E-state index contributed by atoms with van der Waals surface area (Å²) in [6.45, 7) is 4.00. The van der Waals surface area contributed by atoms with Crippen molar-refractivity contribution in [3.05, 3.63) is 0 Å². The second-order valence-corrected chi connectivity index (χ2v) is 3.69. The van der Waals surface area contributed by atoms with Gasteiger partial charge in [0, 0.05) is 6.04 Å². The fraction of sp³-hybridized carbons (Fsp3) is 0.889. The molecule has 1 aliphatic rings. The highest BCUT2D eigenvalue weighted by atomic mass is 15.2. The lowest BCUT2D eigenvalue weighted by atomic mass is 10.1. The van der Waals surface area contributed by atoms with Gasteiger partial charge in [0.1, 0.15) is 5.84 Å². The van der Waals surface area contributed by atoms with E-state index in [9.17, 15) is 0 Å². The lowest BCUT2D eigenvalue weighted by Crippen LogP contribution is -2.39. The van der Waals surface area contributed by atoms with Crippen molar-refractivity contribution in [3.8, 4) is 0 Å². The van der Waals surface area contributed by atoms with Crippen LogP contribution in [-0.4, -0.2) is 29.9 Å². The lowest BCUT2D eigenvalue weighted by molar-refractivity contribution is 0.243. The van der Waals surface area contributed by atoms with Gasteiger partial charge in [-0.05, 0) is 26.3 Å². The van der Waals surface area contributed by atoms with Crippen LogP contribution < -0.4 is 5.73 Å². The Hall–Kier alpha value is -0.570. The lowest BCUT2D eigenvalue weighted by Gasteiger charge is -2.25. The maximum absolute atomic E-state index is 7.23. The molecule has 0 saturated carbocycles. The van der Waals surface area contributed by atoms with Crippen LogP contribution in [0.25, 0.3) is 0 Å². The second-order valence-electron chi connectivity index (χ2n) is 3.69. The van der Waals surface area contributed by atoms with Crippen LogP contribution in [0.5, 0.6) is 0 Å². The summed E-state index contributed by atoms with van der Waals surface area (Å²) in [6.07, 6.45) is 5.18. The van der Waals surface area contributed by atoms with E-state index >= 15 is 0 Å². The largest absolute Gasteiger partial charge is 0.387 e. The Balaban J connectivity index is 2.41. The Morgan fingerprint density at radius 2 is 2.25 bits per heavy atom. The first-order valence-corrected chi connectivity index (χ1v) is 4.77. The van der Waals surface area contributed by atoms with Gasteiger partial charge in [-0.3, -0.25) is 10.3 Å². The van der Waals surface area contributed by atoms with Crippen molar-refractivity contribution in [2.24, 2.45) is 5.73 Å². The van der Waals surface area contributed by atoms with Gasteiger partial charge in [0.2, 0.25) is 0 Å². The Labute approximate surface area is 74.4 Å². The maximum Gasteiger partial charge on any atom is 0.105 e. The Morgan fingerprint density at radius 3 is 2.92 bits per heavy atom. The molecule has 0 amide bonds. The van der Waals surface area contributed by atoms with Gasteiger partial charge in [-0.15, -0.1) is 0 Å². The zero-order valence-corrected chi connectivity index (χ0v) is 7.84. The molecular weight excluding hydrogens is 150 g/mol. The van der Waals surface area contributed by atoms with E-state index in [1.165, 1.54) is 25.7 Å². The Bertz CT molecular complexity index is 156. The Morgan fingerprint density at radius 1 is 1.50 bits per heavy atom. The number of nitrogens with two attached hydrogens (primary N) is 1. The van der Waals surface area contributed by atoms with Gasteiger partial charge < -0.3 is 5.73 Å². The van der Waals surface area contributed by atoms with Gasteiger partial charge in [-0.2, -0.15) is 0 Å². The number of hydrogen-bond donors (Lipinski definition) is 2. The summed E-state index contributed by atoms with van der Waals surface area (Å²) in [7, 11) is 0. The molecule has 0 aromatic carbocycles. The molecule has 3 N–H and O–H groups in total. The molecule has 1 aliphatic heterocycles. The molecule has 0 aliphatic carbocycles. The van der Waals surface area contributed by atoms with Gasteiger partial charge in [0.05, 0.1) is 6.54 Å². The fourth-order valence-electron chi connectivity index (χ4n) is 1.79. The second kappa shape index (κ2) is 4.45. The SMILES string of the molecule is CC1CCCCCN1CC(=N)N. The van der Waals surface area contributed by atoms with Crippen LogP contribution in [0.1, 0.15) is 32.6 Å². The van der Waals surface area contributed by atoms with Crippen molar-refractivity contribution < 1.29 is 0 Å². The van der Waals surface area contributed by atoms with Gasteiger partial charge in [0.25, 0.3) is 0 Å². The minimum Gasteiger partial charge on any atom is -0.387 e. The number of nitrogens with one attached hydrogen (secondary N) is 1. The number of amidine groups is 1. The zero-order valence-electron chi connectivity index (χ0n) is 7.84. The third-order valence-electron chi connectivity index (χ3n) is 2.56.